The summed E-state index contributed by atoms with van der Waals surface area (Å²) in [6, 6.07) is 12.8. The second-order valence-corrected chi connectivity index (χ2v) is 8.86. The van der Waals surface area contributed by atoms with Crippen molar-refractivity contribution in [3.63, 3.8) is 0 Å². The molecular formula is C21H23N3O6S. The Morgan fingerprint density at radius 1 is 1.16 bits per heavy atom. The lowest BCUT2D eigenvalue weighted by Gasteiger charge is -2.27. The number of anilines is 2. The maximum absolute atomic E-state index is 12.8. The largest absolute Gasteiger partial charge is 0.454 e. The molecule has 2 aromatic carbocycles. The Kier molecular flexibility index (Phi) is 6.71. The van der Waals surface area contributed by atoms with E-state index in [1.54, 1.807) is 49.4 Å². The lowest BCUT2D eigenvalue weighted by molar-refractivity contribution is -0.149. The maximum Gasteiger partial charge on any atom is 0.324 e. The molecule has 164 valence electrons. The second-order valence-electron chi connectivity index (χ2n) is 7.15. The molecule has 2 N–H and O–H groups in total. The van der Waals surface area contributed by atoms with Crippen molar-refractivity contribution in [1.29, 1.82) is 0 Å². The number of ether oxygens (including phenoxy) is 1. The third-order valence-corrected chi connectivity index (χ3v) is 6.26. The van der Waals surface area contributed by atoms with Crippen molar-refractivity contribution in [3.8, 4) is 0 Å². The highest BCUT2D eigenvalue weighted by molar-refractivity contribution is 7.89. The number of rotatable bonds is 6. The highest BCUT2D eigenvalue weighted by atomic mass is 32.2. The van der Waals surface area contributed by atoms with E-state index in [2.05, 4.69) is 10.0 Å². The first-order chi connectivity index (χ1) is 14.7. The number of sulfonamides is 1. The van der Waals surface area contributed by atoms with E-state index in [9.17, 15) is 22.8 Å². The molecule has 0 spiro atoms. The summed E-state index contributed by atoms with van der Waals surface area (Å²) in [5.74, 6) is -1.64. The Labute approximate surface area is 180 Å². The smallest absolute Gasteiger partial charge is 0.324 e. The lowest BCUT2D eigenvalue weighted by atomic mass is 10.1. The normalized spacial score (nSPS) is 17.2. The molecule has 3 rings (SSSR count). The van der Waals surface area contributed by atoms with Crippen LogP contribution < -0.4 is 14.9 Å². The van der Waals surface area contributed by atoms with E-state index in [1.807, 2.05) is 0 Å². The highest BCUT2D eigenvalue weighted by Crippen LogP contribution is 2.31. The predicted molar refractivity (Wildman–Crippen MR) is 114 cm³/mol. The summed E-state index contributed by atoms with van der Waals surface area (Å²) in [6.45, 7) is 2.46. The average Bonchev–Trinajstić information content (AvgIpc) is 2.86. The number of fused-ring (bicyclic) bond motifs is 1. The van der Waals surface area contributed by atoms with Crippen LogP contribution in [0.25, 0.3) is 0 Å². The fraction of sp³-hybridized carbons (Fsp3) is 0.286. The molecule has 0 saturated carbocycles. The minimum absolute atomic E-state index is 0.0119. The minimum Gasteiger partial charge on any atom is -0.454 e. The molecule has 0 radical (unpaired) electrons. The van der Waals surface area contributed by atoms with Crippen LogP contribution in [0, 0.1) is 0 Å². The molecular weight excluding hydrogens is 422 g/mol. The van der Waals surface area contributed by atoms with Crippen molar-refractivity contribution >= 4 is 39.2 Å². The van der Waals surface area contributed by atoms with E-state index in [-0.39, 0.29) is 17.2 Å². The molecule has 2 amide bonds. The second kappa shape index (κ2) is 9.27. The number of benzene rings is 2. The fourth-order valence-electron chi connectivity index (χ4n) is 3.24. The van der Waals surface area contributed by atoms with Gasteiger partial charge in [0.25, 0.3) is 5.91 Å². The van der Waals surface area contributed by atoms with E-state index in [0.717, 1.165) is 0 Å². The van der Waals surface area contributed by atoms with Crippen LogP contribution in [-0.4, -0.2) is 44.9 Å². The van der Waals surface area contributed by atoms with Crippen molar-refractivity contribution in [2.75, 3.05) is 16.8 Å². The van der Waals surface area contributed by atoms with Crippen LogP contribution in [0.2, 0.25) is 0 Å². The van der Waals surface area contributed by atoms with Crippen LogP contribution in [0.3, 0.4) is 0 Å². The maximum atomic E-state index is 12.8. The quantitative estimate of drug-likeness (QED) is 0.652. The van der Waals surface area contributed by atoms with Crippen LogP contribution in [0.5, 0.6) is 0 Å². The Hall–Kier alpha value is -3.24. The molecule has 10 heteroatoms. The molecule has 1 aliphatic heterocycles. The summed E-state index contributed by atoms with van der Waals surface area (Å²) in [4.78, 5) is 38.6. The van der Waals surface area contributed by atoms with Gasteiger partial charge in [-0.25, -0.2) is 8.42 Å². The number of hydrogen-bond donors (Lipinski definition) is 2. The molecule has 0 aliphatic carbocycles. The van der Waals surface area contributed by atoms with Crippen LogP contribution in [0.1, 0.15) is 20.3 Å². The van der Waals surface area contributed by atoms with Gasteiger partial charge in [0.2, 0.25) is 15.9 Å². The molecule has 1 aliphatic rings. The monoisotopic (exact) mass is 445 g/mol. The Morgan fingerprint density at radius 3 is 2.52 bits per heavy atom. The van der Waals surface area contributed by atoms with Crippen molar-refractivity contribution < 1.29 is 27.5 Å². The van der Waals surface area contributed by atoms with Gasteiger partial charge in [-0.2, -0.15) is 4.72 Å². The van der Waals surface area contributed by atoms with E-state index >= 15 is 0 Å². The number of hydrogen-bond acceptors (Lipinski definition) is 6. The van der Waals surface area contributed by atoms with Crippen LogP contribution in [0.15, 0.2) is 59.5 Å². The predicted octanol–water partition coefficient (Wildman–Crippen LogP) is 1.66. The number of nitrogens with one attached hydrogen (secondary N) is 2. The Morgan fingerprint density at radius 2 is 1.81 bits per heavy atom. The van der Waals surface area contributed by atoms with Gasteiger partial charge in [0.05, 0.1) is 16.3 Å². The Bertz CT molecular complexity index is 1090. The zero-order chi connectivity index (χ0) is 22.6. The summed E-state index contributed by atoms with van der Waals surface area (Å²) in [6.07, 6.45) is 0.0850. The van der Waals surface area contributed by atoms with Gasteiger partial charge in [-0.1, -0.05) is 30.3 Å². The first-order valence-electron chi connectivity index (χ1n) is 9.64. The molecule has 2 aromatic rings. The van der Waals surface area contributed by atoms with Crippen molar-refractivity contribution in [2.45, 2.75) is 37.2 Å². The van der Waals surface area contributed by atoms with Gasteiger partial charge in [0, 0.05) is 12.5 Å². The molecule has 2 atom stereocenters. The number of nitrogens with zero attached hydrogens (tertiary/aromatic N) is 1. The number of carbonyl (C=O) groups is 3. The first kappa shape index (κ1) is 22.4. The summed E-state index contributed by atoms with van der Waals surface area (Å²) < 4.78 is 32.0. The van der Waals surface area contributed by atoms with Crippen molar-refractivity contribution in [3.05, 3.63) is 54.6 Å². The van der Waals surface area contributed by atoms with Crippen molar-refractivity contribution in [1.82, 2.24) is 4.72 Å². The van der Waals surface area contributed by atoms with E-state index < -0.39 is 40.6 Å². The zero-order valence-corrected chi connectivity index (χ0v) is 17.9. The molecule has 1 heterocycles. The first-order valence-corrected chi connectivity index (χ1v) is 11.1. The molecule has 0 fully saturated rings. The van der Waals surface area contributed by atoms with Crippen LogP contribution in [0.4, 0.5) is 11.4 Å². The zero-order valence-electron chi connectivity index (χ0n) is 17.1. The van der Waals surface area contributed by atoms with Crippen molar-refractivity contribution in [2.24, 2.45) is 0 Å². The molecule has 2 unspecified atom stereocenters. The van der Waals surface area contributed by atoms with Gasteiger partial charge in [-0.15, -0.1) is 0 Å². The third kappa shape index (κ3) is 5.28. The number of para-hydroxylation sites is 2. The van der Waals surface area contributed by atoms with E-state index in [4.69, 9.17) is 4.74 Å². The average molecular weight is 445 g/mol. The van der Waals surface area contributed by atoms with Crippen LogP contribution in [-0.2, 0) is 29.1 Å². The molecule has 0 aromatic heterocycles. The van der Waals surface area contributed by atoms with Gasteiger partial charge >= 0.3 is 5.97 Å². The Balaban J connectivity index is 1.66. The standard InChI is InChI=1S/C21H23N3O6S/c1-14-12-19(25)22-17-10-6-7-11-18(17)24(14)20(26)13-30-21(27)15(2)23-31(28,29)16-8-4-3-5-9-16/h3-11,14-15,23H,12-13H2,1-2H3,(H,22,25). The molecule has 31 heavy (non-hydrogen) atoms. The summed E-state index contributed by atoms with van der Waals surface area (Å²) in [5, 5.41) is 2.74. The molecule has 9 nitrogen and oxygen atoms in total. The number of esters is 1. The number of carbonyl (C=O) groups excluding carboxylic acids is 3. The summed E-state index contributed by atoms with van der Waals surface area (Å²) in [5.41, 5.74) is 0.986. The third-order valence-electron chi connectivity index (χ3n) is 4.70. The highest BCUT2D eigenvalue weighted by Gasteiger charge is 2.31. The molecule has 0 saturated heterocycles. The van der Waals surface area contributed by atoms with Gasteiger partial charge < -0.3 is 15.0 Å². The minimum atomic E-state index is -3.92. The van der Waals surface area contributed by atoms with Gasteiger partial charge in [0.1, 0.15) is 6.04 Å². The van der Waals surface area contributed by atoms with E-state index in [1.165, 1.54) is 24.0 Å². The molecule has 0 bridgehead atoms. The van der Waals surface area contributed by atoms with Crippen LogP contribution >= 0.6 is 0 Å². The lowest BCUT2D eigenvalue weighted by Crippen LogP contribution is -2.44. The SMILES string of the molecule is CC(NS(=O)(=O)c1ccccc1)C(=O)OCC(=O)N1c2ccccc2NC(=O)CC1C. The van der Waals surface area contributed by atoms with E-state index in [0.29, 0.717) is 11.4 Å². The van der Waals surface area contributed by atoms with Gasteiger partial charge in [-0.3, -0.25) is 14.4 Å². The van der Waals surface area contributed by atoms with Gasteiger partial charge in [0.15, 0.2) is 6.61 Å². The van der Waals surface area contributed by atoms with Gasteiger partial charge in [-0.05, 0) is 38.1 Å². The summed E-state index contributed by atoms with van der Waals surface area (Å²) >= 11 is 0. The number of amides is 2. The summed E-state index contributed by atoms with van der Waals surface area (Å²) in [7, 11) is -3.92. The topological polar surface area (TPSA) is 122 Å². The fourth-order valence-corrected chi connectivity index (χ4v) is 4.46.